The molecule has 0 saturated heterocycles. The summed E-state index contributed by atoms with van der Waals surface area (Å²) in [5.74, 6) is 4.39. The van der Waals surface area contributed by atoms with Gasteiger partial charge in [0.05, 0.1) is 0 Å². The van der Waals surface area contributed by atoms with E-state index in [4.69, 9.17) is 10.9 Å². The molecule has 0 aromatic rings. The van der Waals surface area contributed by atoms with Crippen molar-refractivity contribution < 1.29 is 9.90 Å². The predicted molar refractivity (Wildman–Crippen MR) is 69.1 cm³/mol. The minimum absolute atomic E-state index is 0.322. The van der Waals surface area contributed by atoms with Gasteiger partial charge in [-0.1, -0.05) is 44.9 Å². The van der Waals surface area contributed by atoms with Crippen LogP contribution in [0, 0.1) is 0 Å². The summed E-state index contributed by atoms with van der Waals surface area (Å²) in [7, 11) is 0. The Kier molecular flexibility index (Phi) is 12.9. The molecule has 0 spiro atoms. The van der Waals surface area contributed by atoms with Crippen molar-refractivity contribution in [1.82, 2.24) is 11.0 Å². The Morgan fingerprint density at radius 2 is 1.35 bits per heavy atom. The molecule has 0 bridgehead atoms. The van der Waals surface area contributed by atoms with Crippen LogP contribution in [-0.4, -0.2) is 17.6 Å². The highest BCUT2D eigenvalue weighted by molar-refractivity contribution is 5.66. The zero-order valence-electron chi connectivity index (χ0n) is 10.7. The van der Waals surface area contributed by atoms with Crippen LogP contribution in [0.3, 0.4) is 0 Å². The summed E-state index contributed by atoms with van der Waals surface area (Å²) in [6.45, 7) is 0.922. The van der Waals surface area contributed by atoms with Gasteiger partial charge >= 0.3 is 5.97 Å². The van der Waals surface area contributed by atoms with Crippen LogP contribution in [0.25, 0.3) is 0 Å². The molecule has 0 heterocycles. The second-order valence-electron chi connectivity index (χ2n) is 4.40. The minimum Gasteiger partial charge on any atom is -0.481 e. The van der Waals surface area contributed by atoms with Gasteiger partial charge in [-0.3, -0.25) is 10.6 Å². The van der Waals surface area contributed by atoms with Crippen LogP contribution in [0.5, 0.6) is 0 Å². The van der Waals surface area contributed by atoms with Crippen molar-refractivity contribution in [2.24, 2.45) is 5.84 Å². The Bertz CT molecular complexity index is 177. The van der Waals surface area contributed by atoms with E-state index >= 15 is 0 Å². The largest absolute Gasteiger partial charge is 0.481 e. The molecule has 0 amide bonds. The molecule has 0 saturated carbocycles. The van der Waals surface area contributed by atoms with Gasteiger partial charge in [-0.05, 0) is 12.8 Å². The topological polar surface area (TPSA) is 87.4 Å². The van der Waals surface area contributed by atoms with Gasteiger partial charge in [-0.15, -0.1) is 0 Å². The molecular formula is C12H27N3O2. The van der Waals surface area contributed by atoms with Gasteiger partial charge in [-0.2, -0.15) is 5.53 Å². The molecule has 0 aliphatic rings. The van der Waals surface area contributed by atoms with E-state index < -0.39 is 5.97 Å². The molecule has 0 aromatic heterocycles. The molecule has 0 aliphatic carbocycles. The van der Waals surface area contributed by atoms with Crippen molar-refractivity contribution in [1.29, 1.82) is 0 Å². The molecule has 5 heteroatoms. The van der Waals surface area contributed by atoms with E-state index in [1.165, 1.54) is 38.5 Å². The number of carboxylic acid groups (broad SMARTS) is 1. The van der Waals surface area contributed by atoms with E-state index in [1.807, 2.05) is 0 Å². The van der Waals surface area contributed by atoms with Gasteiger partial charge < -0.3 is 5.11 Å². The molecule has 0 radical (unpaired) electrons. The van der Waals surface area contributed by atoms with Gasteiger partial charge in [0.25, 0.3) is 0 Å². The number of nitrogens with two attached hydrogens (primary N) is 1. The van der Waals surface area contributed by atoms with E-state index in [1.54, 1.807) is 0 Å². The summed E-state index contributed by atoms with van der Waals surface area (Å²) >= 11 is 0. The first kappa shape index (κ1) is 16.4. The molecule has 0 rings (SSSR count). The zero-order valence-corrected chi connectivity index (χ0v) is 10.7. The first-order valence-corrected chi connectivity index (χ1v) is 6.67. The van der Waals surface area contributed by atoms with Crippen LogP contribution in [-0.2, 0) is 4.79 Å². The zero-order chi connectivity index (χ0) is 12.8. The van der Waals surface area contributed by atoms with Gasteiger partial charge in [0, 0.05) is 13.0 Å². The quantitative estimate of drug-likeness (QED) is 0.226. The van der Waals surface area contributed by atoms with Crippen molar-refractivity contribution in [3.63, 3.8) is 0 Å². The first-order valence-electron chi connectivity index (χ1n) is 6.67. The average Bonchev–Trinajstić information content (AvgIpc) is 2.30. The lowest BCUT2D eigenvalue weighted by Crippen LogP contribution is -2.38. The Labute approximate surface area is 104 Å². The van der Waals surface area contributed by atoms with Crippen LogP contribution in [0.4, 0.5) is 0 Å². The number of nitrogens with one attached hydrogen (secondary N) is 2. The van der Waals surface area contributed by atoms with E-state index in [0.717, 1.165) is 25.8 Å². The smallest absolute Gasteiger partial charge is 0.303 e. The van der Waals surface area contributed by atoms with Crippen molar-refractivity contribution >= 4 is 5.97 Å². The number of hydrogen-bond donors (Lipinski definition) is 4. The fraction of sp³-hybridized carbons (Fsp3) is 0.917. The lowest BCUT2D eigenvalue weighted by Gasteiger charge is -2.03. The maximum Gasteiger partial charge on any atom is 0.303 e. The first-order chi connectivity index (χ1) is 8.27. The molecule has 0 atom stereocenters. The third-order valence-corrected chi connectivity index (χ3v) is 2.79. The molecule has 0 unspecified atom stereocenters. The van der Waals surface area contributed by atoms with E-state index in [2.05, 4.69) is 11.0 Å². The Hall–Kier alpha value is -0.650. The molecule has 5 N–H and O–H groups in total. The van der Waals surface area contributed by atoms with Crippen molar-refractivity contribution in [3.05, 3.63) is 0 Å². The van der Waals surface area contributed by atoms with Gasteiger partial charge in [0.1, 0.15) is 0 Å². The number of carboxylic acids is 1. The number of unbranched alkanes of at least 4 members (excludes halogenated alkanes) is 8. The van der Waals surface area contributed by atoms with Crippen LogP contribution >= 0.6 is 0 Å². The highest BCUT2D eigenvalue weighted by Crippen LogP contribution is 2.10. The third-order valence-electron chi connectivity index (χ3n) is 2.79. The summed E-state index contributed by atoms with van der Waals surface area (Å²) in [5, 5.41) is 8.46. The summed E-state index contributed by atoms with van der Waals surface area (Å²) < 4.78 is 0. The standard InChI is InChI=1S/C12H27N3O2/c13-15-14-11-9-7-5-3-1-2-4-6-8-10-12(16)17/h14-15H,1-11,13H2,(H,16,17). The average molecular weight is 245 g/mol. The maximum absolute atomic E-state index is 10.3. The number of hydrogen-bond acceptors (Lipinski definition) is 4. The van der Waals surface area contributed by atoms with Crippen molar-refractivity contribution in [2.75, 3.05) is 6.54 Å². The number of carbonyl (C=O) groups is 1. The molecule has 17 heavy (non-hydrogen) atoms. The molecule has 5 nitrogen and oxygen atoms in total. The van der Waals surface area contributed by atoms with Crippen molar-refractivity contribution in [2.45, 2.75) is 64.2 Å². The maximum atomic E-state index is 10.3. The van der Waals surface area contributed by atoms with Crippen molar-refractivity contribution in [3.8, 4) is 0 Å². The van der Waals surface area contributed by atoms with Crippen LogP contribution in [0.15, 0.2) is 0 Å². The fourth-order valence-corrected chi connectivity index (χ4v) is 1.80. The second kappa shape index (κ2) is 13.4. The predicted octanol–water partition coefficient (Wildman–Crippen LogP) is 1.94. The highest BCUT2D eigenvalue weighted by atomic mass is 16.4. The molecule has 0 aromatic carbocycles. The lowest BCUT2D eigenvalue weighted by molar-refractivity contribution is -0.137. The highest BCUT2D eigenvalue weighted by Gasteiger charge is 1.96. The fourth-order valence-electron chi connectivity index (χ4n) is 1.80. The summed E-state index contributed by atoms with van der Waals surface area (Å²) in [5.41, 5.74) is 5.28. The monoisotopic (exact) mass is 245 g/mol. The lowest BCUT2D eigenvalue weighted by atomic mass is 10.1. The van der Waals surface area contributed by atoms with E-state index in [-0.39, 0.29) is 0 Å². The van der Waals surface area contributed by atoms with Gasteiger partial charge in [0.15, 0.2) is 0 Å². The molecule has 0 fully saturated rings. The van der Waals surface area contributed by atoms with Gasteiger partial charge in [0.2, 0.25) is 0 Å². The third kappa shape index (κ3) is 15.4. The van der Waals surface area contributed by atoms with Crippen LogP contribution < -0.4 is 16.8 Å². The Morgan fingerprint density at radius 3 is 1.82 bits per heavy atom. The van der Waals surface area contributed by atoms with E-state index in [0.29, 0.717) is 6.42 Å². The normalized spacial score (nSPS) is 10.6. The summed E-state index contributed by atoms with van der Waals surface area (Å²) in [6.07, 6.45) is 10.9. The van der Waals surface area contributed by atoms with E-state index in [9.17, 15) is 4.79 Å². The van der Waals surface area contributed by atoms with Crippen LogP contribution in [0.1, 0.15) is 64.2 Å². The molecule has 0 aliphatic heterocycles. The molecular weight excluding hydrogens is 218 g/mol. The summed E-state index contributed by atoms with van der Waals surface area (Å²) in [4.78, 5) is 10.3. The van der Waals surface area contributed by atoms with Gasteiger partial charge in [-0.25, -0.2) is 5.43 Å². The Morgan fingerprint density at radius 1 is 0.882 bits per heavy atom. The Balaban J connectivity index is 2.91. The minimum atomic E-state index is -0.675. The SMILES string of the molecule is NNNCCCCCCCCCCCC(=O)O. The number of rotatable bonds is 13. The second-order valence-corrected chi connectivity index (χ2v) is 4.40. The molecule has 102 valence electrons. The summed E-state index contributed by atoms with van der Waals surface area (Å²) in [6, 6.07) is 0. The number of hydrazine groups is 2. The van der Waals surface area contributed by atoms with Crippen LogP contribution in [0.2, 0.25) is 0 Å². The number of aliphatic carboxylic acids is 1.